The minimum absolute atomic E-state index is 0.107. The number of rotatable bonds is 4. The van der Waals surface area contributed by atoms with Crippen molar-refractivity contribution in [3.63, 3.8) is 0 Å². The fourth-order valence-electron chi connectivity index (χ4n) is 2.87. The highest BCUT2D eigenvalue weighted by molar-refractivity contribution is 6.31. The maximum Gasteiger partial charge on any atom is 0.253 e. The van der Waals surface area contributed by atoms with Crippen LogP contribution in [0.2, 0.25) is 5.02 Å². The smallest absolute Gasteiger partial charge is 0.253 e. The lowest BCUT2D eigenvalue weighted by molar-refractivity contribution is 0.0948. The average Bonchev–Trinajstić information content (AvgIpc) is 3.15. The highest BCUT2D eigenvalue weighted by atomic mass is 35.5. The third-order valence-electron chi connectivity index (χ3n) is 4.19. The van der Waals surface area contributed by atoms with E-state index in [0.717, 1.165) is 19.1 Å². The molecular formula is C15H20ClN3O. The van der Waals surface area contributed by atoms with E-state index in [-0.39, 0.29) is 5.91 Å². The normalized spacial score (nSPS) is 22.9. The van der Waals surface area contributed by atoms with Gasteiger partial charge in [-0.2, -0.15) is 0 Å². The molecule has 1 amide bonds. The summed E-state index contributed by atoms with van der Waals surface area (Å²) < 4.78 is 0. The van der Waals surface area contributed by atoms with Crippen molar-refractivity contribution < 1.29 is 4.79 Å². The predicted octanol–water partition coefficient (Wildman–Crippen LogP) is 2.14. The summed E-state index contributed by atoms with van der Waals surface area (Å²) in [7, 11) is 0. The van der Waals surface area contributed by atoms with Crippen LogP contribution in [0.5, 0.6) is 0 Å². The number of carbonyl (C=O) groups is 1. The Balaban J connectivity index is 1.51. The molecule has 0 spiro atoms. The molecule has 1 aliphatic heterocycles. The van der Waals surface area contributed by atoms with E-state index in [4.69, 9.17) is 17.3 Å². The Morgan fingerprint density at radius 1 is 1.40 bits per heavy atom. The second kappa shape index (κ2) is 5.62. The Kier molecular flexibility index (Phi) is 3.85. The van der Waals surface area contributed by atoms with Crippen LogP contribution in [0.3, 0.4) is 0 Å². The summed E-state index contributed by atoms with van der Waals surface area (Å²) in [4.78, 5) is 14.7. The standard InChI is InChI=1S/C15H20ClN3O/c16-11-1-4-13(14(17)7-11)15(20)18-8-10-5-6-19(9-10)12-2-3-12/h1,4,7,10,12H,2-3,5-6,8-9,17H2,(H,18,20). The zero-order valence-electron chi connectivity index (χ0n) is 11.4. The number of carbonyl (C=O) groups excluding carboxylic acids is 1. The third kappa shape index (κ3) is 3.07. The van der Waals surface area contributed by atoms with E-state index in [1.54, 1.807) is 18.2 Å². The average molecular weight is 294 g/mol. The number of benzene rings is 1. The quantitative estimate of drug-likeness (QED) is 0.836. The number of nitrogens with zero attached hydrogens (tertiary/aromatic N) is 1. The molecule has 1 atom stereocenters. The Morgan fingerprint density at radius 3 is 2.90 bits per heavy atom. The molecule has 2 aliphatic rings. The number of anilines is 1. The lowest BCUT2D eigenvalue weighted by Crippen LogP contribution is -2.31. The van der Waals surface area contributed by atoms with Gasteiger partial charge in [0.05, 0.1) is 5.56 Å². The van der Waals surface area contributed by atoms with E-state index in [2.05, 4.69) is 10.2 Å². The molecule has 1 heterocycles. The van der Waals surface area contributed by atoms with Gasteiger partial charge in [-0.3, -0.25) is 4.79 Å². The van der Waals surface area contributed by atoms with E-state index >= 15 is 0 Å². The number of nitrogen functional groups attached to an aromatic ring is 1. The molecule has 0 bridgehead atoms. The van der Waals surface area contributed by atoms with Gasteiger partial charge in [0.15, 0.2) is 0 Å². The first-order valence-corrected chi connectivity index (χ1v) is 7.58. The minimum Gasteiger partial charge on any atom is -0.398 e. The summed E-state index contributed by atoms with van der Waals surface area (Å²) in [5.41, 5.74) is 6.76. The number of hydrogen-bond donors (Lipinski definition) is 2. The van der Waals surface area contributed by atoms with Crippen molar-refractivity contribution >= 4 is 23.2 Å². The van der Waals surface area contributed by atoms with Crippen LogP contribution in [-0.2, 0) is 0 Å². The van der Waals surface area contributed by atoms with Crippen LogP contribution in [0.1, 0.15) is 29.6 Å². The fraction of sp³-hybridized carbons (Fsp3) is 0.533. The van der Waals surface area contributed by atoms with E-state index in [1.807, 2.05) is 0 Å². The van der Waals surface area contributed by atoms with Crippen molar-refractivity contribution in [2.24, 2.45) is 5.92 Å². The Hall–Kier alpha value is -1.26. The number of likely N-dealkylation sites (tertiary alicyclic amines) is 1. The van der Waals surface area contributed by atoms with Crippen LogP contribution in [0, 0.1) is 5.92 Å². The number of halogens is 1. The zero-order valence-corrected chi connectivity index (χ0v) is 12.2. The molecule has 5 heteroatoms. The molecule has 20 heavy (non-hydrogen) atoms. The van der Waals surface area contributed by atoms with Crippen molar-refractivity contribution in [3.8, 4) is 0 Å². The van der Waals surface area contributed by atoms with E-state index < -0.39 is 0 Å². The molecule has 1 aromatic rings. The molecule has 2 fully saturated rings. The lowest BCUT2D eigenvalue weighted by atomic mass is 10.1. The molecule has 0 aromatic heterocycles. The first kappa shape index (κ1) is 13.7. The Morgan fingerprint density at radius 2 is 2.20 bits per heavy atom. The van der Waals surface area contributed by atoms with Gasteiger partial charge in [0, 0.05) is 29.8 Å². The van der Waals surface area contributed by atoms with Crippen molar-refractivity contribution in [1.29, 1.82) is 0 Å². The molecule has 3 rings (SSSR count). The number of amides is 1. The van der Waals surface area contributed by atoms with Crippen LogP contribution in [0.25, 0.3) is 0 Å². The molecule has 1 aliphatic carbocycles. The zero-order chi connectivity index (χ0) is 14.1. The van der Waals surface area contributed by atoms with Crippen LogP contribution in [-0.4, -0.2) is 36.5 Å². The second-order valence-corrected chi connectivity index (χ2v) is 6.26. The summed E-state index contributed by atoms with van der Waals surface area (Å²) in [5, 5.41) is 3.54. The van der Waals surface area contributed by atoms with E-state index in [9.17, 15) is 4.79 Å². The topological polar surface area (TPSA) is 58.4 Å². The van der Waals surface area contributed by atoms with E-state index in [1.165, 1.54) is 25.8 Å². The monoisotopic (exact) mass is 293 g/mol. The summed E-state index contributed by atoms with van der Waals surface area (Å²) in [6.45, 7) is 3.01. The van der Waals surface area contributed by atoms with Gasteiger partial charge in [0.2, 0.25) is 0 Å². The molecule has 0 radical (unpaired) electrons. The largest absolute Gasteiger partial charge is 0.398 e. The van der Waals surface area contributed by atoms with Gasteiger partial charge in [0.1, 0.15) is 0 Å². The fourth-order valence-corrected chi connectivity index (χ4v) is 3.05. The molecule has 108 valence electrons. The maximum atomic E-state index is 12.1. The van der Waals surface area contributed by atoms with Gasteiger partial charge in [-0.25, -0.2) is 0 Å². The van der Waals surface area contributed by atoms with Gasteiger partial charge in [0.25, 0.3) is 5.91 Å². The summed E-state index contributed by atoms with van der Waals surface area (Å²) >= 11 is 5.84. The first-order valence-electron chi connectivity index (χ1n) is 7.21. The van der Waals surface area contributed by atoms with Crippen LogP contribution in [0.15, 0.2) is 18.2 Å². The van der Waals surface area contributed by atoms with Gasteiger partial charge in [-0.15, -0.1) is 0 Å². The van der Waals surface area contributed by atoms with Crippen molar-refractivity contribution in [2.45, 2.75) is 25.3 Å². The van der Waals surface area contributed by atoms with Crippen LogP contribution in [0.4, 0.5) is 5.69 Å². The SMILES string of the molecule is Nc1cc(Cl)ccc1C(=O)NCC1CCN(C2CC2)C1. The molecule has 1 aromatic carbocycles. The van der Waals surface area contributed by atoms with Crippen LogP contribution < -0.4 is 11.1 Å². The first-order chi connectivity index (χ1) is 9.63. The van der Waals surface area contributed by atoms with Gasteiger partial charge >= 0.3 is 0 Å². The maximum absolute atomic E-state index is 12.1. The van der Waals surface area contributed by atoms with Gasteiger partial charge in [-0.1, -0.05) is 11.6 Å². The molecule has 4 nitrogen and oxygen atoms in total. The number of nitrogens with two attached hydrogens (primary N) is 1. The summed E-state index contributed by atoms with van der Waals surface area (Å²) in [6, 6.07) is 5.80. The van der Waals surface area contributed by atoms with Gasteiger partial charge in [-0.05, 0) is 49.9 Å². The molecule has 1 unspecified atom stereocenters. The summed E-state index contributed by atoms with van der Waals surface area (Å²) in [5.74, 6) is 0.456. The lowest BCUT2D eigenvalue weighted by Gasteiger charge is -2.15. The minimum atomic E-state index is -0.107. The van der Waals surface area contributed by atoms with Crippen molar-refractivity contribution in [3.05, 3.63) is 28.8 Å². The van der Waals surface area contributed by atoms with E-state index in [0.29, 0.717) is 22.2 Å². The highest BCUT2D eigenvalue weighted by Gasteiger charge is 2.34. The van der Waals surface area contributed by atoms with Crippen molar-refractivity contribution in [2.75, 3.05) is 25.4 Å². The van der Waals surface area contributed by atoms with Crippen LogP contribution >= 0.6 is 11.6 Å². The molecule has 3 N–H and O–H groups in total. The van der Waals surface area contributed by atoms with Crippen molar-refractivity contribution in [1.82, 2.24) is 10.2 Å². The highest BCUT2D eigenvalue weighted by Crippen LogP contribution is 2.31. The molecular weight excluding hydrogens is 274 g/mol. The Bertz CT molecular complexity index is 516. The third-order valence-corrected chi connectivity index (χ3v) is 4.43. The predicted molar refractivity (Wildman–Crippen MR) is 80.9 cm³/mol. The molecule has 1 saturated heterocycles. The van der Waals surface area contributed by atoms with Gasteiger partial charge < -0.3 is 16.0 Å². The summed E-state index contributed by atoms with van der Waals surface area (Å²) in [6.07, 6.45) is 3.87. The second-order valence-electron chi connectivity index (χ2n) is 5.82. The number of nitrogens with one attached hydrogen (secondary N) is 1. The number of hydrogen-bond acceptors (Lipinski definition) is 3. The Labute approximate surface area is 124 Å². The molecule has 1 saturated carbocycles.